The Balaban J connectivity index is 1.75. The van der Waals surface area contributed by atoms with Crippen LogP contribution in [0.5, 0.6) is 11.5 Å². The van der Waals surface area contributed by atoms with Gasteiger partial charge in [0.25, 0.3) is 5.91 Å². The maximum Gasteiger partial charge on any atom is 0.256 e. The van der Waals surface area contributed by atoms with Crippen molar-refractivity contribution < 1.29 is 13.9 Å². The molecule has 4 nitrogen and oxygen atoms in total. The third kappa shape index (κ3) is 4.08. The molecule has 0 fully saturated rings. The van der Waals surface area contributed by atoms with Crippen LogP contribution in [-0.2, 0) is 0 Å². The summed E-state index contributed by atoms with van der Waals surface area (Å²) in [4.78, 5) is 16.3. The van der Waals surface area contributed by atoms with Crippen molar-refractivity contribution in [2.45, 2.75) is 0 Å². The summed E-state index contributed by atoms with van der Waals surface area (Å²) < 4.78 is 19.4. The standard InChI is InChI=1S/C18H12FIN2O2/c19-12-4-5-16(17(20)10-12)18(23)22-13-2-1-3-15(11-13)24-14-6-8-21-9-7-14/h1-11H,(H,22,23). The molecule has 24 heavy (non-hydrogen) atoms. The van der Waals surface area contributed by atoms with Crippen molar-refractivity contribution >= 4 is 34.2 Å². The highest BCUT2D eigenvalue weighted by atomic mass is 127. The van der Waals surface area contributed by atoms with Crippen molar-refractivity contribution in [3.63, 3.8) is 0 Å². The Kier molecular flexibility index (Phi) is 5.05. The van der Waals surface area contributed by atoms with Crippen molar-refractivity contribution in [1.82, 2.24) is 4.98 Å². The van der Waals surface area contributed by atoms with Gasteiger partial charge in [-0.25, -0.2) is 4.39 Å². The van der Waals surface area contributed by atoms with Crippen molar-refractivity contribution in [2.75, 3.05) is 5.32 Å². The number of carbonyl (C=O) groups excluding carboxylic acids is 1. The molecular formula is C18H12FIN2O2. The van der Waals surface area contributed by atoms with E-state index >= 15 is 0 Å². The van der Waals surface area contributed by atoms with Gasteiger partial charge in [-0.3, -0.25) is 9.78 Å². The van der Waals surface area contributed by atoms with Crippen molar-refractivity contribution in [2.24, 2.45) is 0 Å². The molecule has 0 atom stereocenters. The highest BCUT2D eigenvalue weighted by molar-refractivity contribution is 14.1. The van der Waals surface area contributed by atoms with E-state index in [1.807, 2.05) is 22.6 Å². The Morgan fingerprint density at radius 1 is 1.04 bits per heavy atom. The second kappa shape index (κ2) is 7.39. The highest BCUT2D eigenvalue weighted by Crippen LogP contribution is 2.24. The molecule has 1 N–H and O–H groups in total. The maximum atomic E-state index is 13.1. The molecule has 0 aliphatic carbocycles. The first kappa shape index (κ1) is 16.4. The number of ether oxygens (including phenoxy) is 1. The van der Waals surface area contributed by atoms with E-state index in [0.717, 1.165) is 0 Å². The van der Waals surface area contributed by atoms with Gasteiger partial charge in [-0.15, -0.1) is 0 Å². The number of anilines is 1. The number of aromatic nitrogens is 1. The van der Waals surface area contributed by atoms with E-state index < -0.39 is 0 Å². The number of amides is 1. The van der Waals surface area contributed by atoms with Crippen LogP contribution in [0.2, 0.25) is 0 Å². The summed E-state index contributed by atoms with van der Waals surface area (Å²) in [7, 11) is 0. The summed E-state index contributed by atoms with van der Waals surface area (Å²) in [6, 6.07) is 14.6. The van der Waals surface area contributed by atoms with Crippen LogP contribution in [0, 0.1) is 9.39 Å². The van der Waals surface area contributed by atoms with E-state index in [9.17, 15) is 9.18 Å². The molecule has 120 valence electrons. The number of nitrogens with one attached hydrogen (secondary N) is 1. The number of benzene rings is 2. The molecule has 0 bridgehead atoms. The van der Waals surface area contributed by atoms with Crippen LogP contribution < -0.4 is 10.1 Å². The minimum absolute atomic E-state index is 0.305. The molecular weight excluding hydrogens is 422 g/mol. The Bertz CT molecular complexity index is 872. The maximum absolute atomic E-state index is 13.1. The number of halogens is 2. The molecule has 0 spiro atoms. The Hall–Kier alpha value is -2.48. The average molecular weight is 434 g/mol. The van der Waals surface area contributed by atoms with Gasteiger partial charge in [-0.2, -0.15) is 0 Å². The average Bonchev–Trinajstić information content (AvgIpc) is 2.56. The third-order valence-corrected chi connectivity index (χ3v) is 4.05. The molecule has 3 aromatic rings. The quantitative estimate of drug-likeness (QED) is 0.597. The normalized spacial score (nSPS) is 10.2. The number of pyridine rings is 1. The van der Waals surface area contributed by atoms with Crippen LogP contribution >= 0.6 is 22.6 Å². The van der Waals surface area contributed by atoms with Crippen molar-refractivity contribution in [3.05, 3.63) is 81.9 Å². The molecule has 2 aromatic carbocycles. The Morgan fingerprint density at radius 2 is 1.83 bits per heavy atom. The first-order chi connectivity index (χ1) is 11.6. The third-order valence-electron chi connectivity index (χ3n) is 3.15. The van der Waals surface area contributed by atoms with Crippen LogP contribution in [0.15, 0.2) is 67.0 Å². The Morgan fingerprint density at radius 3 is 2.58 bits per heavy atom. The first-order valence-corrected chi connectivity index (χ1v) is 8.14. The fourth-order valence-electron chi connectivity index (χ4n) is 2.05. The fraction of sp³-hybridized carbons (Fsp3) is 0. The number of rotatable bonds is 4. The molecule has 0 saturated carbocycles. The van der Waals surface area contributed by atoms with Crippen LogP contribution in [-0.4, -0.2) is 10.9 Å². The minimum atomic E-state index is -0.372. The molecule has 0 unspecified atom stereocenters. The predicted octanol–water partition coefficient (Wildman–Crippen LogP) is 4.87. The van der Waals surface area contributed by atoms with Crippen LogP contribution in [0.25, 0.3) is 0 Å². The number of hydrogen-bond donors (Lipinski definition) is 1. The van der Waals surface area contributed by atoms with E-state index in [1.54, 1.807) is 48.8 Å². The SMILES string of the molecule is O=C(Nc1cccc(Oc2ccncc2)c1)c1ccc(F)cc1I. The second-order valence-corrected chi connectivity index (χ2v) is 6.05. The summed E-state index contributed by atoms with van der Waals surface area (Å²) in [6.45, 7) is 0. The van der Waals surface area contributed by atoms with Gasteiger partial charge >= 0.3 is 0 Å². The van der Waals surface area contributed by atoms with Gasteiger partial charge in [0.2, 0.25) is 0 Å². The fourth-order valence-corrected chi connectivity index (χ4v) is 2.77. The van der Waals surface area contributed by atoms with Gasteiger partial charge in [-0.05, 0) is 65.1 Å². The molecule has 1 heterocycles. The van der Waals surface area contributed by atoms with Gasteiger partial charge in [0.15, 0.2) is 0 Å². The van der Waals surface area contributed by atoms with E-state index in [0.29, 0.717) is 26.3 Å². The summed E-state index contributed by atoms with van der Waals surface area (Å²) in [5.41, 5.74) is 1.00. The molecule has 0 radical (unpaired) electrons. The Labute approximate surface area is 151 Å². The van der Waals surface area contributed by atoms with E-state index in [-0.39, 0.29) is 11.7 Å². The zero-order valence-electron chi connectivity index (χ0n) is 12.4. The van der Waals surface area contributed by atoms with Crippen molar-refractivity contribution in [1.29, 1.82) is 0 Å². The lowest BCUT2D eigenvalue weighted by Crippen LogP contribution is -2.13. The molecule has 6 heteroatoms. The van der Waals surface area contributed by atoms with Gasteiger partial charge in [0, 0.05) is 27.7 Å². The smallest absolute Gasteiger partial charge is 0.256 e. The lowest BCUT2D eigenvalue weighted by atomic mass is 10.2. The summed E-state index contributed by atoms with van der Waals surface area (Å²) in [5.74, 6) is 0.568. The van der Waals surface area contributed by atoms with Crippen molar-refractivity contribution in [3.8, 4) is 11.5 Å². The summed E-state index contributed by atoms with van der Waals surface area (Å²) in [5, 5.41) is 2.79. The summed E-state index contributed by atoms with van der Waals surface area (Å²) in [6.07, 6.45) is 3.27. The molecule has 0 aliphatic heterocycles. The van der Waals surface area contributed by atoms with Gasteiger partial charge in [0.05, 0.1) is 5.56 Å². The van der Waals surface area contributed by atoms with E-state index in [2.05, 4.69) is 10.3 Å². The number of hydrogen-bond acceptors (Lipinski definition) is 3. The van der Waals surface area contributed by atoms with E-state index in [4.69, 9.17) is 4.74 Å². The van der Waals surface area contributed by atoms with Crippen LogP contribution in [0.1, 0.15) is 10.4 Å². The zero-order valence-corrected chi connectivity index (χ0v) is 14.5. The lowest BCUT2D eigenvalue weighted by Gasteiger charge is -2.09. The van der Waals surface area contributed by atoms with E-state index in [1.165, 1.54) is 18.2 Å². The predicted molar refractivity (Wildman–Crippen MR) is 97.8 cm³/mol. The molecule has 0 saturated heterocycles. The number of carbonyl (C=O) groups is 1. The second-order valence-electron chi connectivity index (χ2n) is 4.89. The van der Waals surface area contributed by atoms with Gasteiger partial charge in [-0.1, -0.05) is 6.07 Å². The molecule has 1 aromatic heterocycles. The van der Waals surface area contributed by atoms with Gasteiger partial charge < -0.3 is 10.1 Å². The number of nitrogens with zero attached hydrogens (tertiary/aromatic N) is 1. The molecule has 0 aliphatic rings. The summed E-state index contributed by atoms with van der Waals surface area (Å²) >= 11 is 1.93. The lowest BCUT2D eigenvalue weighted by molar-refractivity contribution is 0.102. The first-order valence-electron chi connectivity index (χ1n) is 7.06. The molecule has 3 rings (SSSR count). The minimum Gasteiger partial charge on any atom is -0.457 e. The zero-order chi connectivity index (χ0) is 16.9. The van der Waals surface area contributed by atoms with Crippen LogP contribution in [0.3, 0.4) is 0 Å². The highest BCUT2D eigenvalue weighted by Gasteiger charge is 2.11. The topological polar surface area (TPSA) is 51.2 Å². The molecule has 1 amide bonds. The van der Waals surface area contributed by atoms with Crippen LogP contribution in [0.4, 0.5) is 10.1 Å². The van der Waals surface area contributed by atoms with Gasteiger partial charge in [0.1, 0.15) is 17.3 Å². The monoisotopic (exact) mass is 434 g/mol. The largest absolute Gasteiger partial charge is 0.457 e.